The molecule has 0 aromatic heterocycles. The zero-order valence-electron chi connectivity index (χ0n) is 17.4. The summed E-state index contributed by atoms with van der Waals surface area (Å²) in [5, 5.41) is 18.4. The first-order chi connectivity index (χ1) is 13.8. The maximum Gasteiger partial charge on any atom is 0.337 e. The first kappa shape index (κ1) is 22.6. The van der Waals surface area contributed by atoms with Gasteiger partial charge in [-0.2, -0.15) is 0 Å². The lowest BCUT2D eigenvalue weighted by molar-refractivity contribution is -0.157. The van der Waals surface area contributed by atoms with Crippen molar-refractivity contribution >= 4 is 24.3 Å². The van der Waals surface area contributed by atoms with E-state index in [0.717, 1.165) is 12.6 Å². The third-order valence-corrected chi connectivity index (χ3v) is 5.49. The van der Waals surface area contributed by atoms with Crippen LogP contribution in [0.2, 0.25) is 12.6 Å². The van der Waals surface area contributed by atoms with Gasteiger partial charge in [-0.1, -0.05) is 25.5 Å². The van der Waals surface area contributed by atoms with E-state index in [4.69, 9.17) is 14.7 Å². The largest absolute Gasteiger partial charge is 0.506 e. The van der Waals surface area contributed by atoms with Gasteiger partial charge in [-0.25, -0.2) is 10.1 Å². The van der Waals surface area contributed by atoms with Crippen LogP contribution >= 0.6 is 0 Å². The molecule has 2 aliphatic rings. The Bertz CT molecular complexity index is 763. The average Bonchev–Trinajstić information content (AvgIpc) is 3.22. The van der Waals surface area contributed by atoms with Crippen LogP contribution in [0.4, 0.5) is 5.69 Å². The van der Waals surface area contributed by atoms with Crippen LogP contribution in [-0.2, 0) is 14.3 Å². The van der Waals surface area contributed by atoms with E-state index in [1.165, 1.54) is 39.0 Å². The van der Waals surface area contributed by atoms with Gasteiger partial charge in [0, 0.05) is 38.8 Å². The Morgan fingerprint density at radius 2 is 1.86 bits per heavy atom. The standard InChI is InChI=1S/C16H21NO5.C5H8BN/c1-11(18)22-16(2)6-8-17(9-7-16)13-10-12(15(20)21-3)4-5-14(13)19;7-5-6-3-1-2-4-6/h4-5,10,19H,6-9H2,1-3H3;1-4H2. The van der Waals surface area contributed by atoms with Crippen LogP contribution in [-0.4, -0.2) is 49.6 Å². The summed E-state index contributed by atoms with van der Waals surface area (Å²) in [4.78, 5) is 24.7. The van der Waals surface area contributed by atoms with Crippen LogP contribution in [0, 0.1) is 11.2 Å². The van der Waals surface area contributed by atoms with Crippen LogP contribution < -0.4 is 4.90 Å². The summed E-state index contributed by atoms with van der Waals surface area (Å²) in [6.45, 7) is 4.98. The lowest BCUT2D eigenvalue weighted by Gasteiger charge is -2.39. The Morgan fingerprint density at radius 1 is 1.24 bits per heavy atom. The van der Waals surface area contributed by atoms with Crippen molar-refractivity contribution in [2.75, 3.05) is 25.1 Å². The van der Waals surface area contributed by atoms with Crippen molar-refractivity contribution in [1.29, 1.82) is 5.26 Å². The number of carbonyl (C=O) groups is 2. The average molecular weight is 400 g/mol. The lowest BCUT2D eigenvalue weighted by Crippen LogP contribution is -2.45. The molecule has 0 radical (unpaired) electrons. The van der Waals surface area contributed by atoms with Crippen LogP contribution in [0.25, 0.3) is 0 Å². The number of phenolic OH excluding ortho intramolecular Hbond substituents is 1. The monoisotopic (exact) mass is 400 g/mol. The van der Waals surface area contributed by atoms with Gasteiger partial charge < -0.3 is 19.5 Å². The molecule has 0 spiro atoms. The predicted molar refractivity (Wildman–Crippen MR) is 111 cm³/mol. The van der Waals surface area contributed by atoms with Crippen LogP contribution in [0.5, 0.6) is 5.75 Å². The van der Waals surface area contributed by atoms with Crippen molar-refractivity contribution in [1.82, 2.24) is 0 Å². The van der Waals surface area contributed by atoms with E-state index in [0.29, 0.717) is 43.9 Å². The summed E-state index contributed by atoms with van der Waals surface area (Å²) in [6.07, 6.45) is 6.17. The number of esters is 2. The van der Waals surface area contributed by atoms with E-state index in [-0.39, 0.29) is 11.7 Å². The molecule has 1 aromatic carbocycles. The molecule has 0 amide bonds. The Hall–Kier alpha value is -2.69. The molecule has 0 bridgehead atoms. The Balaban J connectivity index is 0.000000360. The highest BCUT2D eigenvalue weighted by Gasteiger charge is 2.33. The fourth-order valence-electron chi connectivity index (χ4n) is 3.75. The smallest absolute Gasteiger partial charge is 0.337 e. The number of ether oxygens (including phenoxy) is 2. The molecule has 3 rings (SSSR count). The zero-order valence-corrected chi connectivity index (χ0v) is 17.4. The minimum atomic E-state index is -0.474. The summed E-state index contributed by atoms with van der Waals surface area (Å²) in [5.41, 5.74) is 0.508. The number of aromatic hydroxyl groups is 1. The molecule has 2 saturated heterocycles. The lowest BCUT2D eigenvalue weighted by atomic mass is 9.50. The number of hydrogen-bond donors (Lipinski definition) is 1. The molecular weight excluding hydrogens is 371 g/mol. The van der Waals surface area contributed by atoms with E-state index in [9.17, 15) is 14.7 Å². The van der Waals surface area contributed by atoms with Gasteiger partial charge in [0.1, 0.15) is 11.4 Å². The summed E-state index contributed by atoms with van der Waals surface area (Å²) < 4.78 is 10.1. The molecule has 0 atom stereocenters. The number of methoxy groups -OCH3 is 1. The van der Waals surface area contributed by atoms with E-state index >= 15 is 0 Å². The molecule has 0 saturated carbocycles. The second kappa shape index (κ2) is 10.2. The fourth-order valence-corrected chi connectivity index (χ4v) is 3.75. The highest BCUT2D eigenvalue weighted by Crippen LogP contribution is 2.34. The SMILES string of the molecule is COC(=O)c1ccc(O)c(N2CCC(C)(OC(C)=O)CC2)c1.N#CB1CCCC1. The molecule has 2 heterocycles. The maximum absolute atomic E-state index is 11.6. The summed E-state index contributed by atoms with van der Waals surface area (Å²) in [5.74, 6) is 1.65. The van der Waals surface area contributed by atoms with Gasteiger partial charge in [0.05, 0.1) is 18.4 Å². The number of nitriles is 1. The first-order valence-electron chi connectivity index (χ1n) is 10.0. The van der Waals surface area contributed by atoms with Gasteiger partial charge in [-0.15, -0.1) is 0 Å². The molecule has 0 aliphatic carbocycles. The van der Waals surface area contributed by atoms with Gasteiger partial charge in [0.15, 0.2) is 0 Å². The number of piperidine rings is 1. The molecule has 8 heteroatoms. The molecule has 7 nitrogen and oxygen atoms in total. The first-order valence-corrected chi connectivity index (χ1v) is 10.0. The van der Waals surface area contributed by atoms with Gasteiger partial charge >= 0.3 is 11.9 Å². The molecule has 2 fully saturated rings. The molecule has 29 heavy (non-hydrogen) atoms. The van der Waals surface area contributed by atoms with Crippen molar-refractivity contribution < 1.29 is 24.2 Å². The van der Waals surface area contributed by atoms with Gasteiger partial charge in [0.25, 0.3) is 6.71 Å². The van der Waals surface area contributed by atoms with E-state index < -0.39 is 11.6 Å². The topological polar surface area (TPSA) is 99.9 Å². The number of rotatable bonds is 3. The minimum absolute atomic E-state index is 0.115. The third kappa shape index (κ3) is 6.42. The zero-order chi connectivity index (χ0) is 21.4. The highest BCUT2D eigenvalue weighted by molar-refractivity contribution is 6.67. The summed E-state index contributed by atoms with van der Waals surface area (Å²) >= 11 is 0. The van der Waals surface area contributed by atoms with Gasteiger partial charge in [0.2, 0.25) is 0 Å². The molecule has 156 valence electrons. The van der Waals surface area contributed by atoms with Crippen molar-refractivity contribution in [3.63, 3.8) is 0 Å². The van der Waals surface area contributed by atoms with Crippen LogP contribution in [0.15, 0.2) is 18.2 Å². The second-order valence-electron chi connectivity index (χ2n) is 7.84. The molecule has 2 aliphatic heterocycles. The normalized spacial score (nSPS) is 17.6. The third-order valence-electron chi connectivity index (χ3n) is 5.49. The van der Waals surface area contributed by atoms with Gasteiger partial charge in [-0.3, -0.25) is 4.79 Å². The Labute approximate surface area is 172 Å². The fraction of sp³-hybridized carbons (Fsp3) is 0.571. The van der Waals surface area contributed by atoms with E-state index in [2.05, 4.69) is 5.97 Å². The minimum Gasteiger partial charge on any atom is -0.506 e. The van der Waals surface area contributed by atoms with Crippen molar-refractivity contribution in [3.05, 3.63) is 23.8 Å². The van der Waals surface area contributed by atoms with Crippen LogP contribution in [0.3, 0.4) is 0 Å². The number of benzene rings is 1. The Kier molecular flexibility index (Phi) is 7.95. The number of nitrogens with zero attached hydrogens (tertiary/aromatic N) is 2. The molecule has 1 aromatic rings. The van der Waals surface area contributed by atoms with E-state index in [1.54, 1.807) is 6.07 Å². The molecular formula is C21H29BN2O5. The number of anilines is 1. The second-order valence-corrected chi connectivity index (χ2v) is 7.84. The maximum atomic E-state index is 11.6. The van der Waals surface area contributed by atoms with Gasteiger partial charge in [-0.05, 0) is 25.1 Å². The summed E-state index contributed by atoms with van der Waals surface area (Å²) in [7, 11) is 1.32. The van der Waals surface area contributed by atoms with Crippen molar-refractivity contribution in [2.45, 2.75) is 57.8 Å². The predicted octanol–water partition coefficient (Wildman–Crippen LogP) is 3.44. The van der Waals surface area contributed by atoms with E-state index in [1.807, 2.05) is 11.8 Å². The highest BCUT2D eigenvalue weighted by atomic mass is 16.6. The number of hydrogen-bond acceptors (Lipinski definition) is 7. The number of carbonyl (C=O) groups excluding carboxylic acids is 2. The molecule has 1 N–H and O–H groups in total. The van der Waals surface area contributed by atoms with Crippen molar-refractivity contribution in [2.24, 2.45) is 0 Å². The number of phenols is 1. The van der Waals surface area contributed by atoms with Crippen molar-refractivity contribution in [3.8, 4) is 11.7 Å². The van der Waals surface area contributed by atoms with Crippen LogP contribution in [0.1, 0.15) is 49.9 Å². The summed E-state index contributed by atoms with van der Waals surface area (Å²) in [6, 6.07) is 4.63. The quantitative estimate of drug-likeness (QED) is 0.613. The Morgan fingerprint density at radius 3 is 2.34 bits per heavy atom. The molecule has 0 unspecified atom stereocenters.